The molecule has 17 N–H and O–H groups in total. The molecule has 4 amide bonds. The predicted octanol–water partition coefficient (Wildman–Crippen LogP) is -9.55. The van der Waals surface area contributed by atoms with E-state index in [9.17, 15) is 90.4 Å². The Bertz CT molecular complexity index is 1720. The summed E-state index contributed by atoms with van der Waals surface area (Å²) in [7, 11) is 0. The lowest BCUT2D eigenvalue weighted by atomic mass is 9.96. The van der Waals surface area contributed by atoms with Crippen LogP contribution in [-0.2, 0) is 61.9 Å². The zero-order valence-electron chi connectivity index (χ0n) is 40.4. The van der Waals surface area contributed by atoms with E-state index >= 15 is 0 Å². The molecular formula is C43H74N4O26. The van der Waals surface area contributed by atoms with E-state index in [1.54, 1.807) is 6.92 Å². The fraction of sp³-hybridized carbons (Fsp3) is 0.884. The van der Waals surface area contributed by atoms with E-state index in [-0.39, 0.29) is 64.6 Å². The molecule has 4 rings (SSSR count). The van der Waals surface area contributed by atoms with E-state index in [2.05, 4.69) is 21.3 Å². The minimum Gasteiger partial charge on any atom is -0.394 e. The quantitative estimate of drug-likeness (QED) is 0.0324. The molecule has 0 bridgehead atoms. The number of carbonyl (C=O) groups is 5. The molecular weight excluding hydrogens is 988 g/mol. The summed E-state index contributed by atoms with van der Waals surface area (Å²) in [5, 5.41) is 144. The fourth-order valence-electron chi connectivity index (χ4n) is 8.09. The first kappa shape index (κ1) is 62.3. The number of Topliss-reactive ketones (excluding diaryl/α,β-unsaturated/α-hetero) is 1. The molecule has 0 aliphatic carbocycles. The van der Waals surface area contributed by atoms with Gasteiger partial charge in [-0.2, -0.15) is 0 Å². The highest BCUT2D eigenvalue weighted by Crippen LogP contribution is 2.31. The molecule has 0 unspecified atom stereocenters. The summed E-state index contributed by atoms with van der Waals surface area (Å²) in [6, 6.07) is -1.21. The Kier molecular flexibility index (Phi) is 26.0. The van der Waals surface area contributed by atoms with E-state index < -0.39 is 185 Å². The van der Waals surface area contributed by atoms with E-state index in [4.69, 9.17) is 37.9 Å². The van der Waals surface area contributed by atoms with Gasteiger partial charge in [-0.1, -0.05) is 0 Å². The van der Waals surface area contributed by atoms with Crippen molar-refractivity contribution in [2.75, 3.05) is 52.7 Å². The van der Waals surface area contributed by atoms with Crippen LogP contribution >= 0.6 is 0 Å². The Balaban J connectivity index is 1.29. The molecule has 0 saturated carbocycles. The van der Waals surface area contributed by atoms with Crippen molar-refractivity contribution in [3.8, 4) is 0 Å². The molecule has 30 nitrogen and oxygen atoms in total. The van der Waals surface area contributed by atoms with E-state index in [1.807, 2.05) is 0 Å². The lowest BCUT2D eigenvalue weighted by Gasteiger charge is -2.46. The first-order valence-electron chi connectivity index (χ1n) is 24.1. The molecule has 0 aromatic heterocycles. The van der Waals surface area contributed by atoms with Gasteiger partial charge in [0, 0.05) is 51.7 Å². The number of carbonyl (C=O) groups excluding carboxylic acids is 5. The second-order valence-electron chi connectivity index (χ2n) is 17.9. The van der Waals surface area contributed by atoms with Crippen LogP contribution in [0.2, 0.25) is 0 Å². The molecule has 4 saturated heterocycles. The zero-order chi connectivity index (χ0) is 54.1. The van der Waals surface area contributed by atoms with Crippen LogP contribution < -0.4 is 21.3 Å². The van der Waals surface area contributed by atoms with Crippen LogP contribution in [0.4, 0.5) is 0 Å². The van der Waals surface area contributed by atoms with Gasteiger partial charge in [0.15, 0.2) is 30.9 Å². The molecule has 0 aromatic carbocycles. The lowest BCUT2D eigenvalue weighted by molar-refractivity contribution is -0.366. The van der Waals surface area contributed by atoms with Gasteiger partial charge in [-0.15, -0.1) is 0 Å². The highest BCUT2D eigenvalue weighted by Gasteiger charge is 2.52. The summed E-state index contributed by atoms with van der Waals surface area (Å²) in [6.45, 7) is 0.351. The summed E-state index contributed by atoms with van der Waals surface area (Å²) in [5.41, 5.74) is 0. The van der Waals surface area contributed by atoms with Crippen molar-refractivity contribution >= 4 is 29.4 Å². The normalized spacial score (nSPS) is 37.2. The largest absolute Gasteiger partial charge is 0.394 e. The summed E-state index contributed by atoms with van der Waals surface area (Å²) in [6.07, 6.45) is -34.0. The average molecular weight is 1060 g/mol. The van der Waals surface area contributed by atoms with Gasteiger partial charge in [0.2, 0.25) is 23.6 Å². The molecule has 4 aliphatic rings. The van der Waals surface area contributed by atoms with Gasteiger partial charge in [-0.05, 0) is 26.7 Å². The number of aliphatic hydroxyl groups is 13. The van der Waals surface area contributed by atoms with E-state index in [0.29, 0.717) is 6.54 Å². The summed E-state index contributed by atoms with van der Waals surface area (Å²) in [5.74, 6) is -2.67. The summed E-state index contributed by atoms with van der Waals surface area (Å²) < 4.78 is 44.0. The number of nitrogens with one attached hydrogen (secondary N) is 4. The smallest absolute Gasteiger partial charge is 0.220 e. The molecule has 4 fully saturated rings. The van der Waals surface area contributed by atoms with Crippen LogP contribution in [0, 0.1) is 0 Å². The third-order valence-electron chi connectivity index (χ3n) is 12.4. The number of amides is 4. The minimum absolute atomic E-state index is 0.0154. The van der Waals surface area contributed by atoms with Gasteiger partial charge in [0.05, 0.1) is 45.2 Å². The number of ether oxygens (including phenoxy) is 8. The third kappa shape index (κ3) is 17.9. The average Bonchev–Trinajstić information content (AvgIpc) is 3.36. The Morgan fingerprint density at radius 1 is 0.493 bits per heavy atom. The molecule has 30 heteroatoms. The number of hydrogen-bond donors (Lipinski definition) is 17. The predicted molar refractivity (Wildman–Crippen MR) is 237 cm³/mol. The molecule has 73 heavy (non-hydrogen) atoms. The maximum atomic E-state index is 13.2. The molecule has 4 heterocycles. The highest BCUT2D eigenvalue weighted by molar-refractivity contribution is 5.92. The van der Waals surface area contributed by atoms with Crippen LogP contribution in [0.25, 0.3) is 0 Å². The molecule has 422 valence electrons. The van der Waals surface area contributed by atoms with Gasteiger partial charge >= 0.3 is 0 Å². The van der Waals surface area contributed by atoms with Crippen molar-refractivity contribution < 1.29 is 128 Å². The van der Waals surface area contributed by atoms with Crippen LogP contribution in [0.3, 0.4) is 0 Å². The second kappa shape index (κ2) is 30.5. The second-order valence-corrected chi connectivity index (χ2v) is 17.9. The molecule has 0 radical (unpaired) electrons. The van der Waals surface area contributed by atoms with Gasteiger partial charge < -0.3 is 126 Å². The Morgan fingerprint density at radius 3 is 1.55 bits per heavy atom. The third-order valence-corrected chi connectivity index (χ3v) is 12.4. The molecule has 21 atom stereocenters. The maximum Gasteiger partial charge on any atom is 0.220 e. The van der Waals surface area contributed by atoms with Crippen molar-refractivity contribution in [1.29, 1.82) is 0 Å². The number of hydrogen-bond acceptors (Lipinski definition) is 26. The number of rotatable bonds is 28. The van der Waals surface area contributed by atoms with Crippen molar-refractivity contribution in [2.45, 2.75) is 188 Å². The van der Waals surface area contributed by atoms with Gasteiger partial charge in [-0.25, -0.2) is 0 Å². The van der Waals surface area contributed by atoms with Gasteiger partial charge in [0.25, 0.3) is 0 Å². The van der Waals surface area contributed by atoms with Crippen molar-refractivity contribution in [3.63, 3.8) is 0 Å². The molecule has 0 spiro atoms. The topological polar surface area (TPSA) is 470 Å². The maximum absolute atomic E-state index is 13.2. The Hall–Kier alpha value is -3.29. The van der Waals surface area contributed by atoms with E-state index in [1.165, 1.54) is 6.92 Å². The number of aliphatic hydroxyl groups excluding tert-OH is 13. The van der Waals surface area contributed by atoms with Crippen LogP contribution in [0.15, 0.2) is 0 Å². The van der Waals surface area contributed by atoms with Gasteiger partial charge in [0.1, 0.15) is 91.6 Å². The summed E-state index contributed by atoms with van der Waals surface area (Å²) in [4.78, 5) is 63.6. The van der Waals surface area contributed by atoms with Crippen molar-refractivity contribution in [3.05, 3.63) is 0 Å². The molecule has 0 aromatic rings. The Morgan fingerprint density at radius 2 is 0.973 bits per heavy atom. The fourth-order valence-corrected chi connectivity index (χ4v) is 8.09. The number of ketones is 1. The van der Waals surface area contributed by atoms with Gasteiger partial charge in [-0.3, -0.25) is 24.0 Å². The minimum atomic E-state index is -1.97. The van der Waals surface area contributed by atoms with Crippen molar-refractivity contribution in [2.24, 2.45) is 0 Å². The zero-order valence-corrected chi connectivity index (χ0v) is 40.4. The first-order chi connectivity index (χ1) is 34.6. The standard InChI is InChI=1S/C43H74N4O26/c1-3-44-25(52)10-8-20(50)19(47-27(54)6-4-5-24(51)45-11-13-66-40-35(62)32(59)28(55)18(2)69-40)7-9-26(53)46-12-14-67-42-38(65)39(73-43-37(64)34(61)30(57)22(16-49)71-43)31(58)23(72-42)17-68-41-36(63)33(60)29(56)21(15-48)70-41/h18-19,21-23,28-43,48-49,55-65H,3-17H2,1-2H3,(H,44,52)(H,45,51)(H,46,53)(H,47,54)/t18-,19-,21+,22+,23+,28+,29+,30+,31+,32+,33-,34-,35-,36-,37-,38-,39-,40+,41-,42-,43+/m0/s1. The van der Waals surface area contributed by atoms with Crippen LogP contribution in [0.1, 0.15) is 58.8 Å². The Labute approximate surface area is 418 Å². The monoisotopic (exact) mass is 1060 g/mol. The SMILES string of the molecule is CCNC(=O)CCC(=O)[C@H](CCC(=O)NCCO[C@H]1O[C@H](CO[C@H]2O[C@H](CO)[C@@H](O)[C@H](O)[C@@H]2O)[C@@H](O)[C@H](O[C@H]2O[C@H](CO)[C@@H](O)[C@H](O)[C@@H]2O)[C@@H]1O)NC(=O)CCCC(=O)NCCO[C@@H]1O[C@@H](C)[C@@H](O)[C@@H](O)[C@@H]1O. The van der Waals surface area contributed by atoms with Crippen molar-refractivity contribution in [1.82, 2.24) is 21.3 Å². The first-order valence-corrected chi connectivity index (χ1v) is 24.1. The highest BCUT2D eigenvalue weighted by atomic mass is 16.8. The lowest BCUT2D eigenvalue weighted by Crippen LogP contribution is -2.65. The molecule has 4 aliphatic heterocycles. The van der Waals surface area contributed by atoms with E-state index in [0.717, 1.165) is 0 Å². The van der Waals surface area contributed by atoms with Crippen LogP contribution in [0.5, 0.6) is 0 Å². The summed E-state index contributed by atoms with van der Waals surface area (Å²) >= 11 is 0. The van der Waals surface area contributed by atoms with Crippen LogP contribution in [-0.4, -0.2) is 277 Å².